The second kappa shape index (κ2) is 5.73. The zero-order chi connectivity index (χ0) is 13.0. The number of carbonyl (C=O) groups excluding carboxylic acids is 1. The van der Waals surface area contributed by atoms with E-state index in [9.17, 15) is 4.79 Å². The van der Waals surface area contributed by atoms with Crippen molar-refractivity contribution in [3.63, 3.8) is 0 Å². The van der Waals surface area contributed by atoms with Crippen LogP contribution in [0.1, 0.15) is 0 Å². The minimum absolute atomic E-state index is 0.239. The Hall–Kier alpha value is -1.75. The minimum atomic E-state index is -0.239. The quantitative estimate of drug-likeness (QED) is 0.750. The molecule has 0 bridgehead atoms. The molecule has 0 aromatic heterocycles. The van der Waals surface area contributed by atoms with Gasteiger partial charge in [-0.3, -0.25) is 0 Å². The molecule has 1 heterocycles. The maximum absolute atomic E-state index is 11.0. The van der Waals surface area contributed by atoms with Crippen molar-refractivity contribution in [2.75, 3.05) is 38.9 Å². The van der Waals surface area contributed by atoms with E-state index in [2.05, 4.69) is 0 Å². The topological polar surface area (TPSA) is 48.0 Å². The summed E-state index contributed by atoms with van der Waals surface area (Å²) in [6, 6.07) is 5.40. The van der Waals surface area contributed by atoms with Gasteiger partial charge in [0.1, 0.15) is 12.3 Å². The van der Waals surface area contributed by atoms with E-state index in [0.717, 1.165) is 12.0 Å². The molecular formula is C13H17NO4. The zero-order valence-corrected chi connectivity index (χ0v) is 10.6. The highest BCUT2D eigenvalue weighted by atomic mass is 16.5. The van der Waals surface area contributed by atoms with Crippen molar-refractivity contribution in [2.45, 2.75) is 6.04 Å². The summed E-state index contributed by atoms with van der Waals surface area (Å²) in [5.41, 5.74) is 0.938. The molecule has 2 rings (SSSR count). The van der Waals surface area contributed by atoms with Gasteiger partial charge in [-0.2, -0.15) is 0 Å². The van der Waals surface area contributed by atoms with Gasteiger partial charge in [0.2, 0.25) is 0 Å². The van der Waals surface area contributed by atoms with E-state index >= 15 is 0 Å². The molecule has 18 heavy (non-hydrogen) atoms. The summed E-state index contributed by atoms with van der Waals surface area (Å²) in [5.74, 6) is 1.34. The van der Waals surface area contributed by atoms with Crippen molar-refractivity contribution in [1.29, 1.82) is 0 Å². The van der Waals surface area contributed by atoms with Gasteiger partial charge in [0.15, 0.2) is 11.5 Å². The molecule has 0 aliphatic carbocycles. The molecule has 0 spiro atoms. The van der Waals surface area contributed by atoms with Crippen LogP contribution in [0.4, 0.5) is 5.69 Å². The Morgan fingerprint density at radius 2 is 2.11 bits per heavy atom. The molecule has 1 unspecified atom stereocenters. The van der Waals surface area contributed by atoms with Gasteiger partial charge in [-0.1, -0.05) is 0 Å². The van der Waals surface area contributed by atoms with E-state index in [1.165, 1.54) is 0 Å². The first-order valence-electron chi connectivity index (χ1n) is 5.82. The maximum Gasteiger partial charge on any atom is 0.162 e. The summed E-state index contributed by atoms with van der Waals surface area (Å²) in [4.78, 5) is 13.1. The predicted octanol–water partition coefficient (Wildman–Crippen LogP) is 1.11. The highest BCUT2D eigenvalue weighted by Crippen LogP contribution is 2.32. The molecule has 1 aromatic carbocycles. The van der Waals surface area contributed by atoms with Gasteiger partial charge < -0.3 is 23.9 Å². The van der Waals surface area contributed by atoms with Crippen LogP contribution in [0.25, 0.3) is 0 Å². The lowest BCUT2D eigenvalue weighted by Gasteiger charge is -2.34. The van der Waals surface area contributed by atoms with E-state index in [0.29, 0.717) is 31.3 Å². The summed E-state index contributed by atoms with van der Waals surface area (Å²) >= 11 is 0. The molecule has 0 saturated carbocycles. The molecule has 1 aliphatic rings. The third-order valence-corrected chi connectivity index (χ3v) is 3.02. The SMILES string of the molecule is COc1ccc(N2CCOCC2C=O)cc1OC. The third kappa shape index (κ3) is 2.41. The fourth-order valence-electron chi connectivity index (χ4n) is 2.06. The van der Waals surface area contributed by atoms with Crippen LogP contribution < -0.4 is 14.4 Å². The number of rotatable bonds is 4. The summed E-state index contributed by atoms with van der Waals surface area (Å²) in [6.07, 6.45) is 0.913. The predicted molar refractivity (Wildman–Crippen MR) is 67.6 cm³/mol. The van der Waals surface area contributed by atoms with Crippen LogP contribution >= 0.6 is 0 Å². The molecule has 1 aromatic rings. The zero-order valence-electron chi connectivity index (χ0n) is 10.6. The second-order valence-corrected chi connectivity index (χ2v) is 4.01. The summed E-state index contributed by atoms with van der Waals surface area (Å²) in [5, 5.41) is 0. The van der Waals surface area contributed by atoms with Gasteiger partial charge in [-0.15, -0.1) is 0 Å². The van der Waals surface area contributed by atoms with E-state index in [4.69, 9.17) is 14.2 Å². The monoisotopic (exact) mass is 251 g/mol. The van der Waals surface area contributed by atoms with Crippen molar-refractivity contribution < 1.29 is 19.0 Å². The first kappa shape index (κ1) is 12.7. The minimum Gasteiger partial charge on any atom is -0.493 e. The second-order valence-electron chi connectivity index (χ2n) is 4.01. The standard InChI is InChI=1S/C13H17NO4/c1-16-12-4-3-10(7-13(12)17-2)14-5-6-18-9-11(14)8-15/h3-4,7-8,11H,5-6,9H2,1-2H3. The Kier molecular flexibility index (Phi) is 4.04. The van der Waals surface area contributed by atoms with Crippen LogP contribution in [0.3, 0.4) is 0 Å². The molecule has 0 N–H and O–H groups in total. The first-order chi connectivity index (χ1) is 8.80. The van der Waals surface area contributed by atoms with Gasteiger partial charge in [-0.05, 0) is 12.1 Å². The molecule has 1 fully saturated rings. The number of benzene rings is 1. The third-order valence-electron chi connectivity index (χ3n) is 3.02. The number of methoxy groups -OCH3 is 2. The maximum atomic E-state index is 11.0. The Bertz CT molecular complexity index is 421. The summed E-state index contributed by atoms with van der Waals surface area (Å²) in [7, 11) is 3.19. The lowest BCUT2D eigenvalue weighted by Crippen LogP contribution is -2.46. The van der Waals surface area contributed by atoms with Gasteiger partial charge in [-0.25, -0.2) is 0 Å². The molecular weight excluding hydrogens is 234 g/mol. The Balaban J connectivity index is 2.28. The molecule has 0 radical (unpaired) electrons. The normalized spacial score (nSPS) is 19.4. The van der Waals surface area contributed by atoms with E-state index in [-0.39, 0.29) is 6.04 Å². The van der Waals surface area contributed by atoms with E-state index < -0.39 is 0 Å². The van der Waals surface area contributed by atoms with Gasteiger partial charge in [0.25, 0.3) is 0 Å². The van der Waals surface area contributed by atoms with E-state index in [1.807, 2.05) is 23.1 Å². The smallest absolute Gasteiger partial charge is 0.162 e. The number of anilines is 1. The number of hydrogen-bond acceptors (Lipinski definition) is 5. The van der Waals surface area contributed by atoms with Crippen molar-refractivity contribution in [1.82, 2.24) is 0 Å². The summed E-state index contributed by atoms with van der Waals surface area (Å²) in [6.45, 7) is 1.75. The average Bonchev–Trinajstić information content (AvgIpc) is 2.46. The molecule has 1 saturated heterocycles. The number of morpholine rings is 1. The van der Waals surface area contributed by atoms with Gasteiger partial charge >= 0.3 is 0 Å². The molecule has 0 amide bonds. The molecule has 5 nitrogen and oxygen atoms in total. The lowest BCUT2D eigenvalue weighted by molar-refractivity contribution is -0.111. The highest BCUT2D eigenvalue weighted by Gasteiger charge is 2.23. The molecule has 5 heteroatoms. The molecule has 1 atom stereocenters. The lowest BCUT2D eigenvalue weighted by atomic mass is 10.2. The van der Waals surface area contributed by atoms with Crippen molar-refractivity contribution in [3.05, 3.63) is 18.2 Å². The fraction of sp³-hybridized carbons (Fsp3) is 0.462. The average molecular weight is 251 g/mol. The van der Waals surface area contributed by atoms with Crippen LogP contribution in [-0.2, 0) is 9.53 Å². The van der Waals surface area contributed by atoms with Gasteiger partial charge in [0.05, 0.1) is 27.4 Å². The van der Waals surface area contributed by atoms with Crippen LogP contribution in [0.2, 0.25) is 0 Å². The number of carbonyl (C=O) groups is 1. The number of hydrogen-bond donors (Lipinski definition) is 0. The fourth-order valence-corrected chi connectivity index (χ4v) is 2.06. The van der Waals surface area contributed by atoms with Crippen molar-refractivity contribution >= 4 is 12.0 Å². The Labute approximate surface area is 106 Å². The number of ether oxygens (including phenoxy) is 3. The van der Waals surface area contributed by atoms with Crippen LogP contribution in [0.15, 0.2) is 18.2 Å². The summed E-state index contributed by atoms with van der Waals surface area (Å²) < 4.78 is 15.8. The van der Waals surface area contributed by atoms with Crippen LogP contribution in [-0.4, -0.2) is 46.3 Å². The first-order valence-corrected chi connectivity index (χ1v) is 5.82. The molecule has 98 valence electrons. The van der Waals surface area contributed by atoms with Gasteiger partial charge in [0, 0.05) is 18.3 Å². The Morgan fingerprint density at radius 3 is 2.78 bits per heavy atom. The van der Waals surface area contributed by atoms with Crippen molar-refractivity contribution in [2.24, 2.45) is 0 Å². The number of aldehydes is 1. The number of nitrogens with zero attached hydrogens (tertiary/aromatic N) is 1. The van der Waals surface area contributed by atoms with Crippen LogP contribution in [0.5, 0.6) is 11.5 Å². The Morgan fingerprint density at radius 1 is 1.33 bits per heavy atom. The van der Waals surface area contributed by atoms with Crippen molar-refractivity contribution in [3.8, 4) is 11.5 Å². The highest BCUT2D eigenvalue weighted by molar-refractivity contribution is 5.68. The van der Waals surface area contributed by atoms with Crippen LogP contribution in [0, 0.1) is 0 Å². The molecule has 1 aliphatic heterocycles. The van der Waals surface area contributed by atoms with E-state index in [1.54, 1.807) is 14.2 Å². The largest absolute Gasteiger partial charge is 0.493 e.